The van der Waals surface area contributed by atoms with Crippen molar-refractivity contribution in [2.45, 2.75) is 31.1 Å². The standard InChI is InChI=1S/C13H12N2O2/c14-9-13(7-12(8-13)5-6-12)10-1-3-11(4-2-10)15(16)17/h1-4H,5-8H2. The predicted molar refractivity (Wildman–Crippen MR) is 61.3 cm³/mol. The van der Waals surface area contributed by atoms with Gasteiger partial charge in [-0.15, -0.1) is 0 Å². The minimum atomic E-state index is -0.411. The molecular weight excluding hydrogens is 216 g/mol. The highest BCUT2D eigenvalue weighted by Crippen LogP contribution is 2.68. The van der Waals surface area contributed by atoms with Crippen molar-refractivity contribution >= 4 is 5.69 Å². The van der Waals surface area contributed by atoms with Gasteiger partial charge in [-0.2, -0.15) is 5.26 Å². The number of hydrogen-bond acceptors (Lipinski definition) is 3. The van der Waals surface area contributed by atoms with Crippen molar-refractivity contribution in [1.29, 1.82) is 5.26 Å². The SMILES string of the molecule is N#CC1(c2ccc([N+](=O)[O-])cc2)CC2(CC2)C1. The van der Waals surface area contributed by atoms with Crippen molar-refractivity contribution < 1.29 is 4.92 Å². The van der Waals surface area contributed by atoms with Crippen LogP contribution in [0.2, 0.25) is 0 Å². The van der Waals surface area contributed by atoms with Gasteiger partial charge in [-0.05, 0) is 36.7 Å². The summed E-state index contributed by atoms with van der Waals surface area (Å²) >= 11 is 0. The minimum Gasteiger partial charge on any atom is -0.258 e. The molecule has 2 aliphatic rings. The van der Waals surface area contributed by atoms with E-state index in [0.29, 0.717) is 5.41 Å². The summed E-state index contributed by atoms with van der Waals surface area (Å²) in [5, 5.41) is 19.9. The summed E-state index contributed by atoms with van der Waals surface area (Å²) in [6.45, 7) is 0. The molecule has 4 heteroatoms. The summed E-state index contributed by atoms with van der Waals surface area (Å²) in [6.07, 6.45) is 4.33. The van der Waals surface area contributed by atoms with Crippen LogP contribution in [-0.4, -0.2) is 4.92 Å². The van der Waals surface area contributed by atoms with E-state index in [-0.39, 0.29) is 11.1 Å². The number of benzene rings is 1. The van der Waals surface area contributed by atoms with E-state index >= 15 is 0 Å². The van der Waals surface area contributed by atoms with E-state index in [2.05, 4.69) is 6.07 Å². The van der Waals surface area contributed by atoms with Gasteiger partial charge in [-0.1, -0.05) is 12.1 Å². The van der Waals surface area contributed by atoms with Crippen molar-refractivity contribution in [3.8, 4) is 6.07 Å². The van der Waals surface area contributed by atoms with E-state index < -0.39 is 4.92 Å². The quantitative estimate of drug-likeness (QED) is 0.577. The Bertz CT molecular complexity index is 515. The molecule has 0 atom stereocenters. The largest absolute Gasteiger partial charge is 0.269 e. The van der Waals surface area contributed by atoms with Gasteiger partial charge in [0.2, 0.25) is 0 Å². The lowest BCUT2D eigenvalue weighted by atomic mass is 9.57. The lowest BCUT2D eigenvalue weighted by molar-refractivity contribution is -0.384. The fraction of sp³-hybridized carbons (Fsp3) is 0.462. The fourth-order valence-electron chi connectivity index (χ4n) is 3.01. The number of nitrogens with zero attached hydrogens (tertiary/aromatic N) is 2. The molecule has 0 bridgehead atoms. The Morgan fingerprint density at radius 3 is 2.24 bits per heavy atom. The topological polar surface area (TPSA) is 66.9 Å². The maximum Gasteiger partial charge on any atom is 0.269 e. The first-order chi connectivity index (χ1) is 8.09. The molecule has 1 aromatic rings. The second kappa shape index (κ2) is 3.07. The van der Waals surface area contributed by atoms with E-state index in [9.17, 15) is 15.4 Å². The summed E-state index contributed by atoms with van der Waals surface area (Å²) in [5.41, 5.74) is 1.08. The Balaban J connectivity index is 1.88. The molecule has 2 fully saturated rings. The summed E-state index contributed by atoms with van der Waals surface area (Å²) < 4.78 is 0. The molecule has 0 N–H and O–H groups in total. The van der Waals surface area contributed by atoms with Crippen LogP contribution >= 0.6 is 0 Å². The zero-order chi connectivity index (χ0) is 12.1. The highest BCUT2D eigenvalue weighted by Gasteiger charge is 2.61. The lowest BCUT2D eigenvalue weighted by Crippen LogP contribution is -2.41. The van der Waals surface area contributed by atoms with Crippen LogP contribution in [0.5, 0.6) is 0 Å². The number of rotatable bonds is 2. The highest BCUT2D eigenvalue weighted by atomic mass is 16.6. The van der Waals surface area contributed by atoms with E-state index in [0.717, 1.165) is 18.4 Å². The lowest BCUT2D eigenvalue weighted by Gasteiger charge is -2.43. The van der Waals surface area contributed by atoms with Gasteiger partial charge in [0.05, 0.1) is 16.4 Å². The average molecular weight is 228 g/mol. The molecule has 2 aliphatic carbocycles. The first-order valence-electron chi connectivity index (χ1n) is 5.76. The van der Waals surface area contributed by atoms with Crippen LogP contribution < -0.4 is 0 Å². The second-order valence-corrected chi connectivity index (χ2v) is 5.35. The molecule has 17 heavy (non-hydrogen) atoms. The Labute approximate surface area is 99.0 Å². The summed E-state index contributed by atoms with van der Waals surface area (Å²) in [7, 11) is 0. The third-order valence-corrected chi connectivity index (χ3v) is 4.16. The molecule has 2 saturated carbocycles. The van der Waals surface area contributed by atoms with Crippen LogP contribution in [0.1, 0.15) is 31.2 Å². The van der Waals surface area contributed by atoms with Crippen molar-refractivity contribution in [2.75, 3.05) is 0 Å². The van der Waals surface area contributed by atoms with Crippen LogP contribution in [-0.2, 0) is 5.41 Å². The normalized spacial score (nSPS) is 22.5. The summed E-state index contributed by atoms with van der Waals surface area (Å²) in [5.74, 6) is 0. The van der Waals surface area contributed by atoms with E-state index in [4.69, 9.17) is 0 Å². The summed E-state index contributed by atoms with van der Waals surface area (Å²) in [4.78, 5) is 10.2. The zero-order valence-corrected chi connectivity index (χ0v) is 9.35. The van der Waals surface area contributed by atoms with Gasteiger partial charge in [-0.3, -0.25) is 10.1 Å². The first-order valence-corrected chi connectivity index (χ1v) is 5.76. The van der Waals surface area contributed by atoms with Gasteiger partial charge in [-0.25, -0.2) is 0 Å². The second-order valence-electron chi connectivity index (χ2n) is 5.35. The number of hydrogen-bond donors (Lipinski definition) is 0. The van der Waals surface area contributed by atoms with Crippen LogP contribution in [0.4, 0.5) is 5.69 Å². The molecule has 0 aromatic heterocycles. The Morgan fingerprint density at radius 1 is 1.24 bits per heavy atom. The zero-order valence-electron chi connectivity index (χ0n) is 9.35. The average Bonchev–Trinajstić information content (AvgIpc) is 3.07. The smallest absolute Gasteiger partial charge is 0.258 e. The fourth-order valence-corrected chi connectivity index (χ4v) is 3.01. The number of nitriles is 1. The van der Waals surface area contributed by atoms with Gasteiger partial charge in [0, 0.05) is 12.1 Å². The first kappa shape index (κ1) is 10.3. The van der Waals surface area contributed by atoms with E-state index in [1.165, 1.54) is 25.0 Å². The number of nitro groups is 1. The molecule has 1 aromatic carbocycles. The van der Waals surface area contributed by atoms with Crippen LogP contribution in [0.3, 0.4) is 0 Å². The predicted octanol–water partition coefficient (Wildman–Crippen LogP) is 2.93. The van der Waals surface area contributed by atoms with Crippen molar-refractivity contribution in [3.05, 3.63) is 39.9 Å². The van der Waals surface area contributed by atoms with Crippen LogP contribution in [0.25, 0.3) is 0 Å². The molecule has 0 heterocycles. The molecule has 1 spiro atoms. The Hall–Kier alpha value is -1.89. The maximum absolute atomic E-state index is 10.6. The molecule has 0 radical (unpaired) electrons. The minimum absolute atomic E-state index is 0.0855. The molecule has 0 unspecified atom stereocenters. The van der Waals surface area contributed by atoms with Gasteiger partial charge in [0.1, 0.15) is 0 Å². The molecule has 0 saturated heterocycles. The monoisotopic (exact) mass is 228 g/mol. The van der Waals surface area contributed by atoms with Gasteiger partial charge in [0.15, 0.2) is 0 Å². The van der Waals surface area contributed by atoms with Crippen molar-refractivity contribution in [3.63, 3.8) is 0 Å². The van der Waals surface area contributed by atoms with Crippen molar-refractivity contribution in [2.24, 2.45) is 5.41 Å². The van der Waals surface area contributed by atoms with Crippen LogP contribution in [0, 0.1) is 26.9 Å². The molecular formula is C13H12N2O2. The van der Waals surface area contributed by atoms with E-state index in [1.807, 2.05) is 0 Å². The molecule has 86 valence electrons. The van der Waals surface area contributed by atoms with Crippen molar-refractivity contribution in [1.82, 2.24) is 0 Å². The molecule has 4 nitrogen and oxygen atoms in total. The molecule has 0 aliphatic heterocycles. The third-order valence-electron chi connectivity index (χ3n) is 4.16. The van der Waals surface area contributed by atoms with Gasteiger partial charge >= 0.3 is 0 Å². The van der Waals surface area contributed by atoms with Gasteiger partial charge in [0.25, 0.3) is 5.69 Å². The Morgan fingerprint density at radius 2 is 1.82 bits per heavy atom. The Kier molecular flexibility index (Phi) is 1.86. The van der Waals surface area contributed by atoms with E-state index in [1.54, 1.807) is 12.1 Å². The maximum atomic E-state index is 10.6. The van der Waals surface area contributed by atoms with Crippen LogP contribution in [0.15, 0.2) is 24.3 Å². The highest BCUT2D eigenvalue weighted by molar-refractivity contribution is 5.43. The number of non-ortho nitro benzene ring substituents is 1. The van der Waals surface area contributed by atoms with Gasteiger partial charge < -0.3 is 0 Å². The third kappa shape index (κ3) is 1.42. The molecule has 0 amide bonds. The summed E-state index contributed by atoms with van der Waals surface area (Å²) in [6, 6.07) is 8.86. The number of nitro benzene ring substituents is 1. The molecule has 3 rings (SSSR count).